The molecule has 1 heterocycles. The highest BCUT2D eigenvalue weighted by atomic mass is 16.5. The monoisotopic (exact) mass is 238 g/mol. The summed E-state index contributed by atoms with van der Waals surface area (Å²) in [6.07, 6.45) is 1.70. The fourth-order valence-corrected chi connectivity index (χ4v) is 1.28. The molecule has 0 bridgehead atoms. The van der Waals surface area contributed by atoms with Crippen molar-refractivity contribution in [3.63, 3.8) is 0 Å². The second-order valence-corrected chi connectivity index (χ2v) is 4.52. The maximum absolute atomic E-state index is 5.71. The lowest BCUT2D eigenvalue weighted by atomic mass is 10.2. The summed E-state index contributed by atoms with van der Waals surface area (Å²) in [7, 11) is 0. The second kappa shape index (κ2) is 7.25. The summed E-state index contributed by atoms with van der Waals surface area (Å²) in [4.78, 5) is 4.21. The Labute approximate surface area is 103 Å². The Kier molecular flexibility index (Phi) is 5.94. The van der Waals surface area contributed by atoms with Gasteiger partial charge in [0.05, 0.1) is 18.5 Å². The van der Waals surface area contributed by atoms with Crippen LogP contribution in [0.2, 0.25) is 0 Å². The Morgan fingerprint density at radius 1 is 1.24 bits per heavy atom. The Hall–Kier alpha value is -1.13. The van der Waals surface area contributed by atoms with Gasteiger partial charge in [-0.05, 0) is 25.0 Å². The maximum atomic E-state index is 5.71. The third-order valence-corrected chi connectivity index (χ3v) is 2.17. The lowest BCUT2D eigenvalue weighted by Crippen LogP contribution is -2.11. The van der Waals surface area contributed by atoms with Crippen LogP contribution in [0.1, 0.15) is 32.5 Å². The molecule has 0 aliphatic rings. The van der Waals surface area contributed by atoms with Gasteiger partial charge < -0.3 is 15.2 Å². The van der Waals surface area contributed by atoms with Gasteiger partial charge in [-0.15, -0.1) is 0 Å². The van der Waals surface area contributed by atoms with E-state index in [4.69, 9.17) is 15.2 Å². The van der Waals surface area contributed by atoms with Gasteiger partial charge in [0, 0.05) is 12.6 Å². The minimum atomic E-state index is -0.0431. The normalized spacial score (nSPS) is 12.8. The van der Waals surface area contributed by atoms with Crippen molar-refractivity contribution in [3.8, 4) is 5.75 Å². The largest absolute Gasteiger partial charge is 0.490 e. The molecule has 17 heavy (non-hydrogen) atoms. The summed E-state index contributed by atoms with van der Waals surface area (Å²) in [6, 6.07) is 3.72. The van der Waals surface area contributed by atoms with E-state index in [1.165, 1.54) is 0 Å². The molecule has 2 N–H and O–H groups in total. The molecule has 0 saturated heterocycles. The van der Waals surface area contributed by atoms with E-state index in [-0.39, 0.29) is 6.04 Å². The molecule has 96 valence electrons. The SMILES string of the molecule is CC(C)COCCOc1ccc(C(C)N)nc1. The predicted molar refractivity (Wildman–Crippen MR) is 68.0 cm³/mol. The zero-order chi connectivity index (χ0) is 12.7. The van der Waals surface area contributed by atoms with Gasteiger partial charge in [-0.2, -0.15) is 0 Å². The molecule has 1 aromatic rings. The van der Waals surface area contributed by atoms with Gasteiger partial charge in [-0.25, -0.2) is 0 Å². The number of ether oxygens (including phenoxy) is 2. The minimum Gasteiger partial charge on any atom is -0.490 e. The number of hydrogen-bond donors (Lipinski definition) is 1. The predicted octanol–water partition coefficient (Wildman–Crippen LogP) is 2.15. The van der Waals surface area contributed by atoms with Crippen LogP contribution in [-0.4, -0.2) is 24.8 Å². The van der Waals surface area contributed by atoms with Crippen LogP contribution in [0.25, 0.3) is 0 Å². The molecule has 4 heteroatoms. The number of pyridine rings is 1. The van der Waals surface area contributed by atoms with Crippen LogP contribution in [0.15, 0.2) is 18.3 Å². The Morgan fingerprint density at radius 3 is 2.53 bits per heavy atom. The van der Waals surface area contributed by atoms with Crippen LogP contribution in [0.5, 0.6) is 5.75 Å². The highest BCUT2D eigenvalue weighted by molar-refractivity contribution is 5.21. The van der Waals surface area contributed by atoms with Crippen LogP contribution >= 0.6 is 0 Å². The van der Waals surface area contributed by atoms with Gasteiger partial charge in [-0.3, -0.25) is 4.98 Å². The number of nitrogens with two attached hydrogens (primary N) is 1. The van der Waals surface area contributed by atoms with Crippen molar-refractivity contribution in [1.29, 1.82) is 0 Å². The molecular formula is C13H22N2O2. The number of nitrogens with zero attached hydrogens (tertiary/aromatic N) is 1. The quantitative estimate of drug-likeness (QED) is 0.739. The van der Waals surface area contributed by atoms with Crippen LogP contribution in [-0.2, 0) is 4.74 Å². The van der Waals surface area contributed by atoms with Crippen molar-refractivity contribution in [3.05, 3.63) is 24.0 Å². The molecule has 1 rings (SSSR count). The number of aromatic nitrogens is 1. The van der Waals surface area contributed by atoms with Crippen molar-refractivity contribution < 1.29 is 9.47 Å². The summed E-state index contributed by atoms with van der Waals surface area (Å²) in [5.41, 5.74) is 6.58. The van der Waals surface area contributed by atoms with Crippen molar-refractivity contribution >= 4 is 0 Å². The average Bonchev–Trinajstić information content (AvgIpc) is 2.29. The molecule has 1 aromatic heterocycles. The molecule has 0 saturated carbocycles. The highest BCUT2D eigenvalue weighted by Crippen LogP contribution is 2.12. The zero-order valence-corrected chi connectivity index (χ0v) is 10.8. The molecule has 4 nitrogen and oxygen atoms in total. The lowest BCUT2D eigenvalue weighted by Gasteiger charge is -2.09. The van der Waals surface area contributed by atoms with Gasteiger partial charge in [0.2, 0.25) is 0 Å². The first kappa shape index (κ1) is 13.9. The van der Waals surface area contributed by atoms with E-state index in [0.717, 1.165) is 18.1 Å². The fourth-order valence-electron chi connectivity index (χ4n) is 1.28. The van der Waals surface area contributed by atoms with Gasteiger partial charge in [0.1, 0.15) is 12.4 Å². The van der Waals surface area contributed by atoms with Gasteiger partial charge in [0.25, 0.3) is 0 Å². The van der Waals surface area contributed by atoms with E-state index in [0.29, 0.717) is 19.1 Å². The molecule has 0 amide bonds. The molecule has 1 atom stereocenters. The summed E-state index contributed by atoms with van der Waals surface area (Å²) >= 11 is 0. The van der Waals surface area contributed by atoms with Crippen LogP contribution < -0.4 is 10.5 Å². The zero-order valence-electron chi connectivity index (χ0n) is 10.8. The van der Waals surface area contributed by atoms with E-state index in [1.54, 1.807) is 6.20 Å². The van der Waals surface area contributed by atoms with E-state index >= 15 is 0 Å². The van der Waals surface area contributed by atoms with Crippen molar-refractivity contribution in [2.45, 2.75) is 26.8 Å². The Balaban J connectivity index is 2.23. The number of rotatable bonds is 7. The van der Waals surface area contributed by atoms with E-state index in [2.05, 4.69) is 18.8 Å². The molecule has 0 aliphatic heterocycles. The summed E-state index contributed by atoms with van der Waals surface area (Å²) in [5.74, 6) is 1.31. The van der Waals surface area contributed by atoms with Gasteiger partial charge in [-0.1, -0.05) is 13.8 Å². The first-order chi connectivity index (χ1) is 8.09. The molecular weight excluding hydrogens is 216 g/mol. The van der Waals surface area contributed by atoms with E-state index < -0.39 is 0 Å². The summed E-state index contributed by atoms with van der Waals surface area (Å²) < 4.78 is 10.9. The molecule has 0 aromatic carbocycles. The van der Waals surface area contributed by atoms with Crippen molar-refractivity contribution in [2.75, 3.05) is 19.8 Å². The highest BCUT2D eigenvalue weighted by Gasteiger charge is 2.01. The number of hydrogen-bond acceptors (Lipinski definition) is 4. The lowest BCUT2D eigenvalue weighted by molar-refractivity contribution is 0.0818. The average molecular weight is 238 g/mol. The molecule has 1 unspecified atom stereocenters. The second-order valence-electron chi connectivity index (χ2n) is 4.52. The van der Waals surface area contributed by atoms with E-state index in [1.807, 2.05) is 19.1 Å². The molecule has 0 fully saturated rings. The standard InChI is InChI=1S/C13H22N2O2/c1-10(2)9-16-6-7-17-12-4-5-13(11(3)14)15-8-12/h4-5,8,10-11H,6-7,9,14H2,1-3H3. The van der Waals surface area contributed by atoms with Gasteiger partial charge in [0.15, 0.2) is 0 Å². The molecule has 0 radical (unpaired) electrons. The summed E-state index contributed by atoms with van der Waals surface area (Å²) in [6.45, 7) is 8.07. The van der Waals surface area contributed by atoms with E-state index in [9.17, 15) is 0 Å². The van der Waals surface area contributed by atoms with Crippen molar-refractivity contribution in [2.24, 2.45) is 11.7 Å². The molecule has 0 spiro atoms. The third-order valence-electron chi connectivity index (χ3n) is 2.17. The van der Waals surface area contributed by atoms with Gasteiger partial charge >= 0.3 is 0 Å². The maximum Gasteiger partial charge on any atom is 0.137 e. The first-order valence-electron chi connectivity index (χ1n) is 6.01. The van der Waals surface area contributed by atoms with Crippen LogP contribution in [0.4, 0.5) is 0 Å². The first-order valence-corrected chi connectivity index (χ1v) is 6.01. The summed E-state index contributed by atoms with van der Waals surface area (Å²) in [5, 5.41) is 0. The van der Waals surface area contributed by atoms with Crippen molar-refractivity contribution in [1.82, 2.24) is 4.98 Å². The smallest absolute Gasteiger partial charge is 0.137 e. The van der Waals surface area contributed by atoms with Crippen LogP contribution in [0, 0.1) is 5.92 Å². The Morgan fingerprint density at radius 2 is 2.00 bits per heavy atom. The topological polar surface area (TPSA) is 57.4 Å². The third kappa shape index (κ3) is 5.65. The Bertz CT molecular complexity index is 310. The fraction of sp³-hybridized carbons (Fsp3) is 0.615. The minimum absolute atomic E-state index is 0.0431. The van der Waals surface area contributed by atoms with Crippen LogP contribution in [0.3, 0.4) is 0 Å². The molecule has 0 aliphatic carbocycles.